The molecule has 1 amide bonds. The van der Waals surface area contributed by atoms with Gasteiger partial charge >= 0.3 is 5.97 Å². The fraction of sp³-hybridized carbons (Fsp3) is 0.914. The van der Waals surface area contributed by atoms with Crippen molar-refractivity contribution in [1.29, 1.82) is 0 Å². The molecule has 6 nitrogen and oxygen atoms in total. The Morgan fingerprint density at radius 1 is 0.355 bits per heavy atom. The van der Waals surface area contributed by atoms with Crippen molar-refractivity contribution in [3.63, 3.8) is 0 Å². The summed E-state index contributed by atoms with van der Waals surface area (Å²) in [7, 11) is 0. The zero-order valence-corrected chi connectivity index (χ0v) is 51.5. The van der Waals surface area contributed by atoms with Crippen molar-refractivity contribution in [3.8, 4) is 0 Å². The molecule has 0 rings (SSSR count). The molecule has 450 valence electrons. The molecule has 0 bridgehead atoms. The van der Waals surface area contributed by atoms with Crippen molar-refractivity contribution < 1.29 is 24.5 Å². The van der Waals surface area contributed by atoms with Gasteiger partial charge in [0.25, 0.3) is 0 Å². The molecule has 0 aliphatic rings. The molecule has 0 aromatic rings. The lowest BCUT2D eigenvalue weighted by molar-refractivity contribution is -0.143. The highest BCUT2D eigenvalue weighted by Gasteiger charge is 2.20. The molecule has 0 heterocycles. The number of rotatable bonds is 65. The number of ether oxygens (including phenoxy) is 1. The van der Waals surface area contributed by atoms with Gasteiger partial charge in [-0.2, -0.15) is 0 Å². The first-order chi connectivity index (χ1) is 37.5. The van der Waals surface area contributed by atoms with E-state index in [1.54, 1.807) is 0 Å². The number of unbranched alkanes of at least 4 members (excludes halogenated alkanes) is 50. The van der Waals surface area contributed by atoms with Gasteiger partial charge in [-0.1, -0.05) is 321 Å². The summed E-state index contributed by atoms with van der Waals surface area (Å²) < 4.78 is 5.48. The molecule has 0 radical (unpaired) electrons. The summed E-state index contributed by atoms with van der Waals surface area (Å²) in [6, 6.07) is -0.548. The highest BCUT2D eigenvalue weighted by molar-refractivity contribution is 5.76. The van der Waals surface area contributed by atoms with Crippen LogP contribution in [0.5, 0.6) is 0 Å². The Bertz CT molecular complexity index is 1190. The Balaban J connectivity index is 3.42. The maximum absolute atomic E-state index is 12.5. The first-order valence-corrected chi connectivity index (χ1v) is 34.6. The third-order valence-corrected chi connectivity index (χ3v) is 16.2. The molecule has 0 aliphatic carbocycles. The van der Waals surface area contributed by atoms with Crippen LogP contribution in [0.3, 0.4) is 0 Å². The van der Waals surface area contributed by atoms with Crippen LogP contribution >= 0.6 is 0 Å². The Kier molecular flexibility index (Phi) is 64.4. The first-order valence-electron chi connectivity index (χ1n) is 34.6. The molecule has 0 aromatic heterocycles. The van der Waals surface area contributed by atoms with Gasteiger partial charge in [0.15, 0.2) is 0 Å². The van der Waals surface area contributed by atoms with Crippen LogP contribution in [0.2, 0.25) is 0 Å². The summed E-state index contributed by atoms with van der Waals surface area (Å²) in [6.45, 7) is 4.97. The zero-order valence-electron chi connectivity index (χ0n) is 51.5. The van der Waals surface area contributed by atoms with Gasteiger partial charge in [-0.05, 0) is 77.0 Å². The van der Waals surface area contributed by atoms with E-state index in [0.717, 1.165) is 44.9 Å². The quantitative estimate of drug-likeness (QED) is 0.0320. The van der Waals surface area contributed by atoms with Crippen LogP contribution in [-0.2, 0) is 14.3 Å². The molecule has 6 heteroatoms. The maximum Gasteiger partial charge on any atom is 0.305 e. The highest BCUT2D eigenvalue weighted by atomic mass is 16.5. The van der Waals surface area contributed by atoms with Crippen LogP contribution in [0.25, 0.3) is 0 Å². The molecule has 0 saturated carbocycles. The summed E-state index contributed by atoms with van der Waals surface area (Å²) in [6.07, 6.45) is 82.1. The van der Waals surface area contributed by atoms with E-state index in [-0.39, 0.29) is 18.5 Å². The first kappa shape index (κ1) is 74.3. The minimum absolute atomic E-state index is 0.00228. The monoisotopic (exact) mass is 1070 g/mol. The number of nitrogens with one attached hydrogen (secondary N) is 1. The number of hydrogen-bond acceptors (Lipinski definition) is 5. The van der Waals surface area contributed by atoms with Crippen LogP contribution in [-0.4, -0.2) is 47.4 Å². The topological polar surface area (TPSA) is 95.9 Å². The molecular weight excluding hydrogens is 935 g/mol. The number of aliphatic hydroxyl groups excluding tert-OH is 2. The summed E-state index contributed by atoms with van der Waals surface area (Å²) in [4.78, 5) is 24.6. The van der Waals surface area contributed by atoms with Gasteiger partial charge in [-0.25, -0.2) is 0 Å². The van der Waals surface area contributed by atoms with Gasteiger partial charge < -0.3 is 20.3 Å². The fourth-order valence-corrected chi connectivity index (χ4v) is 10.9. The molecule has 2 atom stereocenters. The Hall–Kier alpha value is -1.66. The van der Waals surface area contributed by atoms with Crippen molar-refractivity contribution in [3.05, 3.63) is 24.3 Å². The van der Waals surface area contributed by atoms with Gasteiger partial charge in [-0.15, -0.1) is 0 Å². The second-order valence-electron chi connectivity index (χ2n) is 23.9. The molecule has 0 aliphatic heterocycles. The van der Waals surface area contributed by atoms with Crippen LogP contribution in [0, 0.1) is 0 Å². The van der Waals surface area contributed by atoms with Crippen molar-refractivity contribution in [2.45, 2.75) is 398 Å². The second-order valence-corrected chi connectivity index (χ2v) is 23.9. The average Bonchev–Trinajstić information content (AvgIpc) is 3.42. The van der Waals surface area contributed by atoms with E-state index in [1.165, 1.54) is 308 Å². The molecular formula is C70H135NO5. The number of hydrogen-bond donors (Lipinski definition) is 3. The van der Waals surface area contributed by atoms with E-state index < -0.39 is 12.1 Å². The number of aliphatic hydroxyl groups is 2. The number of esters is 1. The lowest BCUT2D eigenvalue weighted by atomic mass is 10.0. The Labute approximate surface area is 475 Å². The molecule has 2 unspecified atom stereocenters. The van der Waals surface area contributed by atoms with Crippen LogP contribution < -0.4 is 5.32 Å². The molecule has 3 N–H and O–H groups in total. The Morgan fingerprint density at radius 2 is 0.618 bits per heavy atom. The van der Waals surface area contributed by atoms with Gasteiger partial charge in [0, 0.05) is 12.8 Å². The lowest BCUT2D eigenvalue weighted by Gasteiger charge is -2.22. The van der Waals surface area contributed by atoms with Gasteiger partial charge in [0.1, 0.15) is 0 Å². The second kappa shape index (κ2) is 65.9. The Morgan fingerprint density at radius 3 is 0.934 bits per heavy atom. The highest BCUT2D eigenvalue weighted by Crippen LogP contribution is 2.19. The molecule has 0 fully saturated rings. The van der Waals surface area contributed by atoms with E-state index in [9.17, 15) is 19.8 Å². The smallest absolute Gasteiger partial charge is 0.305 e. The lowest BCUT2D eigenvalue weighted by Crippen LogP contribution is -2.45. The predicted molar refractivity (Wildman–Crippen MR) is 333 cm³/mol. The summed E-state index contributed by atoms with van der Waals surface area (Å²) >= 11 is 0. The number of carbonyl (C=O) groups is 2. The third-order valence-electron chi connectivity index (χ3n) is 16.2. The summed E-state index contributed by atoms with van der Waals surface area (Å²) in [5.74, 6) is -0.0355. The van der Waals surface area contributed by atoms with Gasteiger partial charge in [0.2, 0.25) is 5.91 Å². The summed E-state index contributed by atoms with van der Waals surface area (Å²) in [5.41, 5.74) is 0. The van der Waals surface area contributed by atoms with E-state index in [4.69, 9.17) is 4.74 Å². The fourth-order valence-electron chi connectivity index (χ4n) is 10.9. The van der Waals surface area contributed by atoms with E-state index in [1.807, 2.05) is 0 Å². The number of amides is 1. The number of carbonyl (C=O) groups excluding carboxylic acids is 2. The molecule has 76 heavy (non-hydrogen) atoms. The van der Waals surface area contributed by atoms with Crippen molar-refractivity contribution in [2.24, 2.45) is 0 Å². The minimum Gasteiger partial charge on any atom is -0.466 e. The van der Waals surface area contributed by atoms with E-state index in [0.29, 0.717) is 25.9 Å². The van der Waals surface area contributed by atoms with Crippen LogP contribution in [0.1, 0.15) is 386 Å². The maximum atomic E-state index is 12.5. The normalized spacial score (nSPS) is 12.6. The van der Waals surface area contributed by atoms with Crippen LogP contribution in [0.15, 0.2) is 24.3 Å². The van der Waals surface area contributed by atoms with Crippen molar-refractivity contribution >= 4 is 11.9 Å². The SMILES string of the molecule is CCCCCCC/C=C\CCCCCCCC(=O)OCCCCCCCCCCCCC/C=C\CCCCCCCCCC(=O)NC(CO)C(O)CCCCCCCCCCCCCCCCCCCCCCCCC. The van der Waals surface area contributed by atoms with Gasteiger partial charge in [0.05, 0.1) is 25.4 Å². The predicted octanol–water partition coefficient (Wildman–Crippen LogP) is 22.1. The molecule has 0 aromatic carbocycles. The van der Waals surface area contributed by atoms with Crippen molar-refractivity contribution in [1.82, 2.24) is 5.32 Å². The largest absolute Gasteiger partial charge is 0.466 e. The summed E-state index contributed by atoms with van der Waals surface area (Å²) in [5, 5.41) is 23.4. The number of allylic oxidation sites excluding steroid dienone is 4. The third kappa shape index (κ3) is 61.6. The van der Waals surface area contributed by atoms with Gasteiger partial charge in [-0.3, -0.25) is 9.59 Å². The van der Waals surface area contributed by atoms with E-state index >= 15 is 0 Å². The molecule has 0 saturated heterocycles. The average molecular weight is 1070 g/mol. The van der Waals surface area contributed by atoms with E-state index in [2.05, 4.69) is 43.5 Å². The standard InChI is InChI=1S/C70H135NO5/c1-3-5-7-9-11-13-15-17-19-20-21-22-23-26-29-32-35-38-42-46-50-54-58-62-68(73)67(66-72)71-69(74)63-59-55-51-47-43-39-36-33-30-27-24-25-28-31-34-37-41-45-49-53-57-61-65-76-70(75)64-60-56-52-48-44-40-18-16-14-12-10-8-6-4-2/h16,18,27,30,67-68,72-73H,3-15,17,19-26,28-29,31-66H2,1-2H3,(H,71,74)/b18-16-,30-27-. The zero-order chi connectivity index (χ0) is 55.0. The van der Waals surface area contributed by atoms with Crippen molar-refractivity contribution in [2.75, 3.05) is 13.2 Å². The molecule has 0 spiro atoms. The minimum atomic E-state index is -0.670. The van der Waals surface area contributed by atoms with Crippen LogP contribution in [0.4, 0.5) is 0 Å².